The molecule has 24 heavy (non-hydrogen) atoms. The highest BCUT2D eigenvalue weighted by molar-refractivity contribution is 5.53. The van der Waals surface area contributed by atoms with Crippen LogP contribution in [0, 0.1) is 5.92 Å². The third-order valence-electron chi connectivity index (χ3n) is 6.50. The molecule has 2 fully saturated rings. The van der Waals surface area contributed by atoms with Crippen molar-refractivity contribution in [2.24, 2.45) is 5.92 Å². The fraction of sp³-hybridized carbons (Fsp3) is 0.714. The molecule has 0 bridgehead atoms. The molecule has 0 radical (unpaired) electrons. The molecule has 4 atom stereocenters. The van der Waals surface area contributed by atoms with Crippen molar-refractivity contribution >= 4 is 0 Å². The zero-order chi connectivity index (χ0) is 17.1. The summed E-state index contributed by atoms with van der Waals surface area (Å²) in [6.45, 7) is 8.82. The number of hydrogen-bond donors (Lipinski definition) is 1. The largest absolute Gasteiger partial charge is 0.508 e. The molecule has 4 rings (SSSR count). The molecule has 3 nitrogen and oxygen atoms in total. The molecule has 1 saturated heterocycles. The molecule has 2 heterocycles. The summed E-state index contributed by atoms with van der Waals surface area (Å²) in [6, 6.07) is 4.12. The SMILES string of the molecule is CCCCCc1cc(O)c2c(c1)OC(C)(C)[C@@H]1CCC3(C)OC3[C@@H]21. The summed E-state index contributed by atoms with van der Waals surface area (Å²) in [5.74, 6) is 1.95. The van der Waals surface area contributed by atoms with Crippen molar-refractivity contribution in [3.63, 3.8) is 0 Å². The predicted molar refractivity (Wildman–Crippen MR) is 94.8 cm³/mol. The van der Waals surface area contributed by atoms with Crippen LogP contribution in [0.2, 0.25) is 0 Å². The number of aromatic hydroxyl groups is 1. The van der Waals surface area contributed by atoms with E-state index in [-0.39, 0.29) is 23.2 Å². The van der Waals surface area contributed by atoms with Crippen LogP contribution in [0.5, 0.6) is 11.5 Å². The standard InChI is InChI=1S/C21H30O3/c1-5-6-7-8-13-11-15(22)18-16(12-13)23-20(2,3)14-9-10-21(4)19(24-21)17(14)18/h11-12,14,17,19,22H,5-10H2,1-4H3/t14-,17-,19?,21?/m1/s1. The Kier molecular flexibility index (Phi) is 3.65. The van der Waals surface area contributed by atoms with Gasteiger partial charge in [-0.3, -0.25) is 0 Å². The van der Waals surface area contributed by atoms with Gasteiger partial charge in [-0.2, -0.15) is 0 Å². The van der Waals surface area contributed by atoms with Gasteiger partial charge in [-0.15, -0.1) is 0 Å². The summed E-state index contributed by atoms with van der Waals surface area (Å²) in [7, 11) is 0. The molecule has 1 aliphatic carbocycles. The lowest BCUT2D eigenvalue weighted by atomic mass is 9.64. The summed E-state index contributed by atoms with van der Waals surface area (Å²) in [5.41, 5.74) is 1.98. The van der Waals surface area contributed by atoms with Gasteiger partial charge < -0.3 is 14.6 Å². The van der Waals surface area contributed by atoms with Gasteiger partial charge in [-0.25, -0.2) is 0 Å². The Morgan fingerprint density at radius 1 is 1.21 bits per heavy atom. The van der Waals surface area contributed by atoms with Crippen molar-refractivity contribution in [3.05, 3.63) is 23.3 Å². The van der Waals surface area contributed by atoms with E-state index in [1.807, 2.05) is 6.07 Å². The Hall–Kier alpha value is -1.22. The van der Waals surface area contributed by atoms with Crippen molar-refractivity contribution in [2.45, 2.75) is 89.4 Å². The van der Waals surface area contributed by atoms with Crippen molar-refractivity contribution in [1.82, 2.24) is 0 Å². The van der Waals surface area contributed by atoms with Gasteiger partial charge in [-0.05, 0) is 64.2 Å². The van der Waals surface area contributed by atoms with Crippen LogP contribution in [-0.2, 0) is 11.2 Å². The third-order valence-corrected chi connectivity index (χ3v) is 6.50. The highest BCUT2D eigenvalue weighted by atomic mass is 16.6. The van der Waals surface area contributed by atoms with Gasteiger partial charge in [0.05, 0.1) is 11.7 Å². The van der Waals surface area contributed by atoms with Crippen molar-refractivity contribution in [2.75, 3.05) is 0 Å². The van der Waals surface area contributed by atoms with Gasteiger partial charge in [0.15, 0.2) is 0 Å². The van der Waals surface area contributed by atoms with Gasteiger partial charge in [0, 0.05) is 17.4 Å². The highest BCUT2D eigenvalue weighted by Crippen LogP contribution is 2.63. The van der Waals surface area contributed by atoms with Crippen LogP contribution in [-0.4, -0.2) is 22.4 Å². The van der Waals surface area contributed by atoms with Crippen molar-refractivity contribution in [3.8, 4) is 11.5 Å². The van der Waals surface area contributed by atoms with Crippen molar-refractivity contribution < 1.29 is 14.6 Å². The van der Waals surface area contributed by atoms with Crippen LogP contribution in [0.3, 0.4) is 0 Å². The van der Waals surface area contributed by atoms with Crippen LogP contribution < -0.4 is 4.74 Å². The molecule has 1 aromatic carbocycles. The first-order valence-corrected chi connectivity index (χ1v) is 9.58. The van der Waals surface area contributed by atoms with Crippen LogP contribution in [0.4, 0.5) is 0 Å². The van der Waals surface area contributed by atoms with Crippen LogP contribution in [0.1, 0.15) is 76.8 Å². The van der Waals surface area contributed by atoms with E-state index in [2.05, 4.69) is 33.8 Å². The summed E-state index contributed by atoms with van der Waals surface area (Å²) < 4.78 is 12.5. The Labute approximate surface area is 145 Å². The molecule has 0 amide bonds. The van der Waals surface area contributed by atoms with Crippen molar-refractivity contribution in [1.29, 1.82) is 0 Å². The third kappa shape index (κ3) is 2.44. The zero-order valence-corrected chi connectivity index (χ0v) is 15.4. The monoisotopic (exact) mass is 330 g/mol. The second-order valence-electron chi connectivity index (χ2n) is 8.71. The Morgan fingerprint density at radius 2 is 2.00 bits per heavy atom. The van der Waals surface area contributed by atoms with E-state index in [9.17, 15) is 5.11 Å². The van der Waals surface area contributed by atoms with Gasteiger partial charge in [0.2, 0.25) is 0 Å². The summed E-state index contributed by atoms with van der Waals surface area (Å²) >= 11 is 0. The Morgan fingerprint density at radius 3 is 2.75 bits per heavy atom. The number of rotatable bonds is 4. The zero-order valence-electron chi connectivity index (χ0n) is 15.4. The molecular weight excluding hydrogens is 300 g/mol. The Balaban J connectivity index is 1.71. The molecule has 132 valence electrons. The van der Waals surface area contributed by atoms with E-state index < -0.39 is 0 Å². The number of phenols is 1. The topological polar surface area (TPSA) is 42.0 Å². The molecule has 3 aliphatic rings. The van der Waals surface area contributed by atoms with Gasteiger partial charge in [0.1, 0.15) is 17.1 Å². The molecule has 1 saturated carbocycles. The first-order chi connectivity index (χ1) is 11.4. The normalized spacial score (nSPS) is 35.4. The smallest absolute Gasteiger partial charge is 0.127 e. The first-order valence-electron chi connectivity index (χ1n) is 9.58. The number of epoxide rings is 1. The lowest BCUT2D eigenvalue weighted by Gasteiger charge is -2.47. The maximum atomic E-state index is 10.8. The molecule has 2 unspecified atom stereocenters. The van der Waals surface area contributed by atoms with Gasteiger partial charge in [-0.1, -0.05) is 19.8 Å². The second kappa shape index (κ2) is 5.39. The predicted octanol–water partition coefficient (Wildman–Crippen LogP) is 4.95. The molecule has 2 aliphatic heterocycles. The molecule has 1 N–H and O–H groups in total. The number of unbranched alkanes of at least 4 members (excludes halogenated alkanes) is 2. The Bertz CT molecular complexity index is 651. The van der Waals surface area contributed by atoms with Gasteiger partial charge in [0.25, 0.3) is 0 Å². The molecule has 3 heteroatoms. The van der Waals surface area contributed by atoms with Crippen LogP contribution >= 0.6 is 0 Å². The lowest BCUT2D eigenvalue weighted by molar-refractivity contribution is -0.00595. The number of hydrogen-bond acceptors (Lipinski definition) is 3. The highest BCUT2D eigenvalue weighted by Gasteiger charge is 2.65. The van der Waals surface area contributed by atoms with Crippen LogP contribution in [0.25, 0.3) is 0 Å². The lowest BCUT2D eigenvalue weighted by Crippen LogP contribution is -2.49. The van der Waals surface area contributed by atoms with E-state index in [1.165, 1.54) is 18.4 Å². The summed E-state index contributed by atoms with van der Waals surface area (Å²) in [6.07, 6.45) is 7.02. The fourth-order valence-electron chi connectivity index (χ4n) is 5.04. The average molecular weight is 330 g/mol. The van der Waals surface area contributed by atoms with E-state index in [0.717, 1.165) is 37.0 Å². The number of fused-ring (bicyclic) bond motifs is 5. The fourth-order valence-corrected chi connectivity index (χ4v) is 5.04. The van der Waals surface area contributed by atoms with E-state index in [1.54, 1.807) is 0 Å². The van der Waals surface area contributed by atoms with E-state index >= 15 is 0 Å². The molecular formula is C21H30O3. The van der Waals surface area contributed by atoms with E-state index in [0.29, 0.717) is 11.7 Å². The van der Waals surface area contributed by atoms with Crippen LogP contribution in [0.15, 0.2) is 12.1 Å². The molecule has 0 spiro atoms. The minimum atomic E-state index is -0.209. The number of aryl methyl sites for hydroxylation is 1. The maximum absolute atomic E-state index is 10.8. The number of phenolic OH excluding ortho intramolecular Hbond substituents is 1. The summed E-state index contributed by atoms with van der Waals surface area (Å²) in [5, 5.41) is 10.8. The second-order valence-corrected chi connectivity index (χ2v) is 8.71. The minimum Gasteiger partial charge on any atom is -0.508 e. The summed E-state index contributed by atoms with van der Waals surface area (Å²) in [4.78, 5) is 0. The first kappa shape index (κ1) is 16.3. The minimum absolute atomic E-state index is 0.0120. The van der Waals surface area contributed by atoms with E-state index in [4.69, 9.17) is 9.47 Å². The average Bonchev–Trinajstić information content (AvgIpc) is 3.18. The molecule has 0 aromatic heterocycles. The number of ether oxygens (including phenoxy) is 2. The maximum Gasteiger partial charge on any atom is 0.127 e. The molecule has 1 aromatic rings. The quantitative estimate of drug-likeness (QED) is 0.627. The number of benzene rings is 1. The van der Waals surface area contributed by atoms with Gasteiger partial charge >= 0.3 is 0 Å².